The molecule has 0 radical (unpaired) electrons. The number of aliphatic hydroxyl groups is 1. The Bertz CT molecular complexity index is 754. The lowest BCUT2D eigenvalue weighted by Gasteiger charge is -2.32. The third-order valence-electron chi connectivity index (χ3n) is 5.03. The van der Waals surface area contributed by atoms with Crippen molar-refractivity contribution in [2.45, 2.75) is 31.2 Å². The van der Waals surface area contributed by atoms with Gasteiger partial charge in [-0.2, -0.15) is 0 Å². The zero-order chi connectivity index (χ0) is 21.3. The van der Waals surface area contributed by atoms with E-state index in [4.69, 9.17) is 9.47 Å². The van der Waals surface area contributed by atoms with Gasteiger partial charge in [-0.3, -0.25) is 14.5 Å². The number of benzene rings is 1. The molecule has 2 heterocycles. The van der Waals surface area contributed by atoms with E-state index in [0.717, 1.165) is 0 Å². The molecule has 3 rings (SSSR count). The third kappa shape index (κ3) is 6.88. The van der Waals surface area contributed by atoms with E-state index in [9.17, 15) is 19.1 Å². The minimum Gasteiger partial charge on any atom is -0.394 e. The lowest BCUT2D eigenvalue weighted by atomic mass is 10.0. The van der Waals surface area contributed by atoms with Crippen LogP contribution in [-0.4, -0.2) is 79.5 Å². The number of carbonyl (C=O) groups excluding carboxylic acids is 2. The molecule has 2 amide bonds. The van der Waals surface area contributed by atoms with Gasteiger partial charge in [-0.1, -0.05) is 24.3 Å². The van der Waals surface area contributed by atoms with Gasteiger partial charge in [0.2, 0.25) is 11.8 Å². The summed E-state index contributed by atoms with van der Waals surface area (Å²) in [7, 11) is 0. The lowest BCUT2D eigenvalue weighted by molar-refractivity contribution is -0.129. The SMILES string of the molecule is O=C(C[C@@H]1C=C[C@@H](NC(=O)CN2CCOCC2)[C@H](CO)O1)NCc1cccc(F)c1. The fourth-order valence-electron chi connectivity index (χ4n) is 3.43. The normalized spacial score (nSPS) is 24.4. The van der Waals surface area contributed by atoms with Crippen LogP contribution in [0.4, 0.5) is 4.39 Å². The average molecular weight is 421 g/mol. The quantitative estimate of drug-likeness (QED) is 0.510. The number of rotatable bonds is 8. The standard InChI is InChI=1S/C21H28FN3O5/c22-16-3-1-2-15(10-16)12-23-20(27)11-17-4-5-18(19(14-26)30-17)24-21(28)13-25-6-8-29-9-7-25/h1-5,10,17-19,26H,6-9,11-14H2,(H,23,27)(H,24,28)/t17-,18+,19-/m0/s1. The molecule has 2 aliphatic heterocycles. The molecule has 9 heteroatoms. The zero-order valence-electron chi connectivity index (χ0n) is 16.8. The number of hydrogen-bond donors (Lipinski definition) is 3. The molecule has 1 fully saturated rings. The molecule has 0 spiro atoms. The highest BCUT2D eigenvalue weighted by molar-refractivity contribution is 5.79. The predicted molar refractivity (Wildman–Crippen MR) is 107 cm³/mol. The number of aliphatic hydroxyl groups excluding tert-OH is 1. The summed E-state index contributed by atoms with van der Waals surface area (Å²) in [6, 6.07) is 5.56. The molecule has 0 aromatic heterocycles. The van der Waals surface area contributed by atoms with Crippen molar-refractivity contribution in [3.63, 3.8) is 0 Å². The highest BCUT2D eigenvalue weighted by Crippen LogP contribution is 2.16. The fraction of sp³-hybridized carbons (Fsp3) is 0.524. The van der Waals surface area contributed by atoms with Gasteiger partial charge in [0.15, 0.2) is 0 Å². The van der Waals surface area contributed by atoms with Gasteiger partial charge in [-0.05, 0) is 17.7 Å². The van der Waals surface area contributed by atoms with Crippen LogP contribution >= 0.6 is 0 Å². The first-order chi connectivity index (χ1) is 14.5. The van der Waals surface area contributed by atoms with Crippen molar-refractivity contribution in [1.82, 2.24) is 15.5 Å². The summed E-state index contributed by atoms with van der Waals surface area (Å²) in [5, 5.41) is 15.2. The molecule has 8 nitrogen and oxygen atoms in total. The van der Waals surface area contributed by atoms with Crippen LogP contribution in [0.2, 0.25) is 0 Å². The summed E-state index contributed by atoms with van der Waals surface area (Å²) in [5.41, 5.74) is 0.666. The Morgan fingerprint density at radius 3 is 2.73 bits per heavy atom. The smallest absolute Gasteiger partial charge is 0.234 e. The summed E-state index contributed by atoms with van der Waals surface area (Å²) in [4.78, 5) is 26.5. The van der Waals surface area contributed by atoms with E-state index in [1.54, 1.807) is 24.3 Å². The lowest BCUT2D eigenvalue weighted by Crippen LogP contribution is -2.52. The first kappa shape index (κ1) is 22.4. The Kier molecular flexibility index (Phi) is 8.32. The minimum absolute atomic E-state index is 0.0662. The molecule has 0 bridgehead atoms. The second kappa shape index (κ2) is 11.2. The molecule has 2 aliphatic rings. The summed E-state index contributed by atoms with van der Waals surface area (Å²) in [6.07, 6.45) is 2.39. The van der Waals surface area contributed by atoms with Crippen LogP contribution in [0.5, 0.6) is 0 Å². The summed E-state index contributed by atoms with van der Waals surface area (Å²) < 4.78 is 24.2. The summed E-state index contributed by atoms with van der Waals surface area (Å²) in [5.74, 6) is -0.756. The van der Waals surface area contributed by atoms with Crippen LogP contribution in [0, 0.1) is 5.82 Å². The number of nitrogens with one attached hydrogen (secondary N) is 2. The molecule has 1 aromatic carbocycles. The molecule has 0 unspecified atom stereocenters. The van der Waals surface area contributed by atoms with Crippen LogP contribution in [0.15, 0.2) is 36.4 Å². The largest absolute Gasteiger partial charge is 0.394 e. The maximum Gasteiger partial charge on any atom is 0.234 e. The predicted octanol–water partition coefficient (Wildman–Crippen LogP) is -0.0351. The van der Waals surface area contributed by atoms with E-state index >= 15 is 0 Å². The second-order valence-corrected chi connectivity index (χ2v) is 7.37. The number of amides is 2. The Hall–Kier alpha value is -2.33. The highest BCUT2D eigenvalue weighted by atomic mass is 19.1. The number of ether oxygens (including phenoxy) is 2. The number of nitrogens with zero attached hydrogens (tertiary/aromatic N) is 1. The maximum absolute atomic E-state index is 13.2. The van der Waals surface area contributed by atoms with E-state index < -0.39 is 18.2 Å². The van der Waals surface area contributed by atoms with Crippen molar-refractivity contribution in [2.24, 2.45) is 0 Å². The molecular formula is C21H28FN3O5. The summed E-state index contributed by atoms with van der Waals surface area (Å²) >= 11 is 0. The van der Waals surface area contributed by atoms with E-state index in [1.165, 1.54) is 12.1 Å². The first-order valence-electron chi connectivity index (χ1n) is 10.1. The highest BCUT2D eigenvalue weighted by Gasteiger charge is 2.29. The van der Waals surface area contributed by atoms with E-state index in [-0.39, 0.29) is 43.7 Å². The maximum atomic E-state index is 13.2. The van der Waals surface area contributed by atoms with Crippen LogP contribution < -0.4 is 10.6 Å². The van der Waals surface area contributed by atoms with Gasteiger partial charge in [0.05, 0.1) is 44.9 Å². The minimum atomic E-state index is -0.635. The van der Waals surface area contributed by atoms with Gasteiger partial charge in [0, 0.05) is 19.6 Å². The Morgan fingerprint density at radius 1 is 1.20 bits per heavy atom. The van der Waals surface area contributed by atoms with Crippen molar-refractivity contribution in [1.29, 1.82) is 0 Å². The van der Waals surface area contributed by atoms with Crippen LogP contribution in [0.25, 0.3) is 0 Å². The van der Waals surface area contributed by atoms with E-state index in [2.05, 4.69) is 10.6 Å². The number of morpholine rings is 1. The fourth-order valence-corrected chi connectivity index (χ4v) is 3.43. The Labute approximate surface area is 175 Å². The van der Waals surface area contributed by atoms with Gasteiger partial charge >= 0.3 is 0 Å². The molecule has 1 saturated heterocycles. The van der Waals surface area contributed by atoms with Gasteiger partial charge in [0.1, 0.15) is 11.9 Å². The molecule has 3 N–H and O–H groups in total. The molecule has 0 saturated carbocycles. The second-order valence-electron chi connectivity index (χ2n) is 7.37. The van der Waals surface area contributed by atoms with Gasteiger partial charge in [0.25, 0.3) is 0 Å². The topological polar surface area (TPSA) is 100 Å². The van der Waals surface area contributed by atoms with Gasteiger partial charge in [-0.25, -0.2) is 4.39 Å². The van der Waals surface area contributed by atoms with Crippen molar-refractivity contribution in [2.75, 3.05) is 39.5 Å². The van der Waals surface area contributed by atoms with Crippen molar-refractivity contribution in [3.8, 4) is 0 Å². The molecule has 30 heavy (non-hydrogen) atoms. The van der Waals surface area contributed by atoms with Crippen molar-refractivity contribution in [3.05, 3.63) is 47.8 Å². The van der Waals surface area contributed by atoms with Crippen molar-refractivity contribution >= 4 is 11.8 Å². The molecule has 1 aromatic rings. The molecule has 3 atom stereocenters. The number of carbonyl (C=O) groups is 2. The molecule has 164 valence electrons. The number of hydrogen-bond acceptors (Lipinski definition) is 6. The average Bonchev–Trinajstić information content (AvgIpc) is 2.74. The van der Waals surface area contributed by atoms with Crippen LogP contribution in [0.1, 0.15) is 12.0 Å². The van der Waals surface area contributed by atoms with E-state index in [0.29, 0.717) is 31.9 Å². The van der Waals surface area contributed by atoms with Crippen LogP contribution in [0.3, 0.4) is 0 Å². The van der Waals surface area contributed by atoms with Gasteiger partial charge < -0.3 is 25.2 Å². The monoisotopic (exact) mass is 421 g/mol. The Morgan fingerprint density at radius 2 is 2.00 bits per heavy atom. The number of halogens is 1. The molecular weight excluding hydrogens is 393 g/mol. The van der Waals surface area contributed by atoms with Crippen molar-refractivity contribution < 1.29 is 28.6 Å². The van der Waals surface area contributed by atoms with E-state index in [1.807, 2.05) is 4.90 Å². The zero-order valence-corrected chi connectivity index (χ0v) is 16.8. The first-order valence-corrected chi connectivity index (χ1v) is 10.1. The van der Waals surface area contributed by atoms with Gasteiger partial charge in [-0.15, -0.1) is 0 Å². The van der Waals surface area contributed by atoms with Crippen LogP contribution in [-0.2, 0) is 25.6 Å². The third-order valence-corrected chi connectivity index (χ3v) is 5.03. The summed E-state index contributed by atoms with van der Waals surface area (Å²) in [6.45, 7) is 2.84. The Balaban J connectivity index is 1.45. The molecule has 0 aliphatic carbocycles.